The first-order valence-corrected chi connectivity index (χ1v) is 8.08. The number of hydrogen-bond acceptors (Lipinski definition) is 4. The van der Waals surface area contributed by atoms with E-state index in [2.05, 4.69) is 5.32 Å². The summed E-state index contributed by atoms with van der Waals surface area (Å²) in [4.78, 5) is 23.6. The molecule has 2 N–H and O–H groups in total. The second-order valence-corrected chi connectivity index (χ2v) is 7.14. The molecule has 0 radical (unpaired) electrons. The molecule has 0 bridgehead atoms. The molecule has 1 rings (SSSR count). The quantitative estimate of drug-likeness (QED) is 0.791. The molecule has 0 atom stereocenters. The molecule has 0 saturated heterocycles. The van der Waals surface area contributed by atoms with Gasteiger partial charge in [-0.25, -0.2) is 4.79 Å². The zero-order valence-corrected chi connectivity index (χ0v) is 14.9. The van der Waals surface area contributed by atoms with Gasteiger partial charge in [-0.05, 0) is 51.8 Å². The molecular formula is C17H23NO4S. The standard InChI is InChI=1S/C17H23NO4S/c1-6-14(18-16(21)22-17(3,4)5)23-13-9-12(10-15(19)20)8-7-11(13)2/h6-9H,10H2,1-5H3,(H,18,21)(H,19,20)/b14-6-. The van der Waals surface area contributed by atoms with E-state index < -0.39 is 17.7 Å². The van der Waals surface area contributed by atoms with Crippen molar-refractivity contribution in [2.75, 3.05) is 0 Å². The smallest absolute Gasteiger partial charge is 0.412 e. The minimum absolute atomic E-state index is 0.0293. The zero-order valence-electron chi connectivity index (χ0n) is 14.1. The number of thioether (sulfide) groups is 1. The van der Waals surface area contributed by atoms with E-state index in [-0.39, 0.29) is 6.42 Å². The summed E-state index contributed by atoms with van der Waals surface area (Å²) in [6, 6.07) is 5.50. The van der Waals surface area contributed by atoms with Crippen LogP contribution in [0.1, 0.15) is 38.8 Å². The number of hydrogen-bond donors (Lipinski definition) is 2. The van der Waals surface area contributed by atoms with Crippen molar-refractivity contribution in [3.05, 3.63) is 40.4 Å². The molecular weight excluding hydrogens is 314 g/mol. The van der Waals surface area contributed by atoms with Crippen molar-refractivity contribution < 1.29 is 19.4 Å². The van der Waals surface area contributed by atoms with Crippen LogP contribution in [-0.4, -0.2) is 22.8 Å². The molecule has 0 aliphatic rings. The molecule has 1 aromatic carbocycles. The Bertz CT molecular complexity index is 618. The lowest BCUT2D eigenvalue weighted by molar-refractivity contribution is -0.136. The second-order valence-electron chi connectivity index (χ2n) is 6.05. The predicted molar refractivity (Wildman–Crippen MR) is 91.5 cm³/mol. The maximum absolute atomic E-state index is 11.9. The highest BCUT2D eigenvalue weighted by atomic mass is 32.2. The number of carbonyl (C=O) groups is 2. The maximum Gasteiger partial charge on any atom is 0.412 e. The van der Waals surface area contributed by atoms with E-state index in [9.17, 15) is 9.59 Å². The minimum Gasteiger partial charge on any atom is -0.481 e. The zero-order chi connectivity index (χ0) is 17.6. The number of amides is 1. The first-order valence-electron chi connectivity index (χ1n) is 7.26. The lowest BCUT2D eigenvalue weighted by Crippen LogP contribution is -2.31. The van der Waals surface area contributed by atoms with Gasteiger partial charge in [-0.15, -0.1) is 0 Å². The van der Waals surface area contributed by atoms with Crippen LogP contribution in [0.5, 0.6) is 0 Å². The average Bonchev–Trinajstić information content (AvgIpc) is 2.38. The molecule has 0 aliphatic carbocycles. The molecule has 0 aliphatic heterocycles. The number of aryl methyl sites for hydroxylation is 1. The molecule has 5 nitrogen and oxygen atoms in total. The van der Waals surface area contributed by atoms with Gasteiger partial charge in [0.15, 0.2) is 0 Å². The van der Waals surface area contributed by atoms with Gasteiger partial charge in [0.25, 0.3) is 0 Å². The number of nitrogens with one attached hydrogen (secondary N) is 1. The first-order chi connectivity index (χ1) is 10.6. The van der Waals surface area contributed by atoms with Gasteiger partial charge in [-0.1, -0.05) is 30.0 Å². The van der Waals surface area contributed by atoms with Crippen LogP contribution in [0.4, 0.5) is 4.79 Å². The lowest BCUT2D eigenvalue weighted by Gasteiger charge is -2.20. The topological polar surface area (TPSA) is 75.6 Å². The van der Waals surface area contributed by atoms with E-state index in [0.29, 0.717) is 5.03 Å². The average molecular weight is 337 g/mol. The van der Waals surface area contributed by atoms with Crippen LogP contribution < -0.4 is 5.32 Å². The van der Waals surface area contributed by atoms with E-state index in [0.717, 1.165) is 16.0 Å². The molecule has 0 saturated carbocycles. The molecule has 0 heterocycles. The number of aliphatic carboxylic acids is 1. The molecule has 0 aromatic heterocycles. The fourth-order valence-electron chi connectivity index (χ4n) is 1.72. The van der Waals surface area contributed by atoms with E-state index in [1.54, 1.807) is 32.9 Å². The van der Waals surface area contributed by atoms with Gasteiger partial charge in [0.2, 0.25) is 0 Å². The fraction of sp³-hybridized carbons (Fsp3) is 0.412. The molecule has 0 spiro atoms. The summed E-state index contributed by atoms with van der Waals surface area (Å²) >= 11 is 1.37. The fourth-order valence-corrected chi connectivity index (χ4v) is 2.65. The summed E-state index contributed by atoms with van der Waals surface area (Å²) in [7, 11) is 0. The van der Waals surface area contributed by atoms with Gasteiger partial charge >= 0.3 is 12.1 Å². The largest absolute Gasteiger partial charge is 0.481 e. The van der Waals surface area contributed by atoms with E-state index >= 15 is 0 Å². The summed E-state index contributed by atoms with van der Waals surface area (Å²) in [5.41, 5.74) is 1.16. The predicted octanol–water partition coefficient (Wildman–Crippen LogP) is 4.10. The summed E-state index contributed by atoms with van der Waals surface area (Å²) in [6.45, 7) is 9.15. The Balaban J connectivity index is 2.83. The maximum atomic E-state index is 11.9. The van der Waals surface area contributed by atoms with Crippen LogP contribution >= 0.6 is 11.8 Å². The number of ether oxygens (including phenoxy) is 1. The third-order valence-corrected chi connectivity index (χ3v) is 3.93. The number of rotatable bonds is 5. The number of carbonyl (C=O) groups excluding carboxylic acids is 1. The molecule has 23 heavy (non-hydrogen) atoms. The van der Waals surface area contributed by atoms with Crippen LogP contribution in [0, 0.1) is 6.92 Å². The van der Waals surface area contributed by atoms with Gasteiger partial charge in [0.1, 0.15) is 5.60 Å². The monoisotopic (exact) mass is 337 g/mol. The van der Waals surface area contributed by atoms with Crippen molar-refractivity contribution in [3.63, 3.8) is 0 Å². The molecule has 0 unspecified atom stereocenters. The number of carboxylic acids is 1. The highest BCUT2D eigenvalue weighted by Crippen LogP contribution is 2.29. The Morgan fingerprint density at radius 2 is 2.00 bits per heavy atom. The van der Waals surface area contributed by atoms with Gasteiger partial charge in [-0.3, -0.25) is 10.1 Å². The van der Waals surface area contributed by atoms with Crippen molar-refractivity contribution >= 4 is 23.8 Å². The minimum atomic E-state index is -0.872. The third-order valence-electron chi connectivity index (χ3n) is 2.71. The van der Waals surface area contributed by atoms with Crippen LogP contribution in [0.25, 0.3) is 0 Å². The SMILES string of the molecule is C/C=C(/NC(=O)OC(C)(C)C)Sc1cc(CC(=O)O)ccc1C. The second kappa shape index (κ2) is 8.06. The molecule has 126 valence electrons. The Hall–Kier alpha value is -1.95. The van der Waals surface area contributed by atoms with Crippen LogP contribution in [0.15, 0.2) is 34.2 Å². The van der Waals surface area contributed by atoms with E-state index in [4.69, 9.17) is 9.84 Å². The summed E-state index contributed by atoms with van der Waals surface area (Å²) in [5.74, 6) is -0.872. The van der Waals surface area contributed by atoms with Gasteiger partial charge < -0.3 is 9.84 Å². The van der Waals surface area contributed by atoms with Crippen molar-refractivity contribution in [3.8, 4) is 0 Å². The summed E-state index contributed by atoms with van der Waals surface area (Å²) in [6.07, 6.45) is 1.23. The van der Waals surface area contributed by atoms with Gasteiger partial charge in [0.05, 0.1) is 11.4 Å². The summed E-state index contributed by atoms with van der Waals surface area (Å²) < 4.78 is 5.23. The third kappa shape index (κ3) is 7.23. The molecule has 1 amide bonds. The number of carboxylic acid groups (broad SMARTS) is 1. The number of allylic oxidation sites excluding steroid dienone is 1. The number of benzene rings is 1. The van der Waals surface area contributed by atoms with Gasteiger partial charge in [-0.2, -0.15) is 0 Å². The van der Waals surface area contributed by atoms with Crippen molar-refractivity contribution in [1.29, 1.82) is 0 Å². The normalized spacial score (nSPS) is 12.0. The Kier molecular flexibility index (Phi) is 6.69. The number of alkyl carbamates (subject to hydrolysis) is 1. The van der Waals surface area contributed by atoms with E-state index in [1.807, 2.05) is 26.0 Å². The molecule has 1 aromatic rings. The molecule has 6 heteroatoms. The van der Waals surface area contributed by atoms with Crippen LogP contribution in [0.3, 0.4) is 0 Å². The Labute approximate surface area is 141 Å². The summed E-state index contributed by atoms with van der Waals surface area (Å²) in [5, 5.41) is 12.2. The van der Waals surface area contributed by atoms with Crippen LogP contribution in [-0.2, 0) is 16.0 Å². The Morgan fingerprint density at radius 3 is 2.52 bits per heavy atom. The first kappa shape index (κ1) is 19.1. The van der Waals surface area contributed by atoms with E-state index in [1.165, 1.54) is 11.8 Å². The van der Waals surface area contributed by atoms with Crippen LogP contribution in [0.2, 0.25) is 0 Å². The highest BCUT2D eigenvalue weighted by molar-refractivity contribution is 8.03. The molecule has 0 fully saturated rings. The van der Waals surface area contributed by atoms with Crippen molar-refractivity contribution in [2.24, 2.45) is 0 Å². The lowest BCUT2D eigenvalue weighted by atomic mass is 10.1. The van der Waals surface area contributed by atoms with Crippen molar-refractivity contribution in [2.45, 2.75) is 51.5 Å². The highest BCUT2D eigenvalue weighted by Gasteiger charge is 2.17. The van der Waals surface area contributed by atoms with Crippen molar-refractivity contribution in [1.82, 2.24) is 5.32 Å². The Morgan fingerprint density at radius 1 is 1.35 bits per heavy atom. The van der Waals surface area contributed by atoms with Gasteiger partial charge in [0, 0.05) is 4.90 Å².